The Bertz CT molecular complexity index is 1250. The van der Waals surface area contributed by atoms with Crippen LogP contribution in [0.2, 0.25) is 0 Å². The molecule has 0 N–H and O–H groups in total. The number of ketones is 2. The zero-order valence-electron chi connectivity index (χ0n) is 18.9. The second kappa shape index (κ2) is 7.84. The summed E-state index contributed by atoms with van der Waals surface area (Å²) in [6, 6.07) is 14.1. The van der Waals surface area contributed by atoms with Crippen molar-refractivity contribution in [1.82, 2.24) is 4.98 Å². The second-order valence-electron chi connectivity index (χ2n) is 8.76. The highest BCUT2D eigenvalue weighted by Crippen LogP contribution is 2.47. The highest BCUT2D eigenvalue weighted by molar-refractivity contribution is 6.12. The zero-order valence-corrected chi connectivity index (χ0v) is 18.9. The van der Waals surface area contributed by atoms with E-state index in [0.717, 1.165) is 39.7 Å². The van der Waals surface area contributed by atoms with Crippen molar-refractivity contribution >= 4 is 33.7 Å². The minimum absolute atomic E-state index is 0.0283. The van der Waals surface area contributed by atoms with Crippen molar-refractivity contribution in [1.29, 1.82) is 0 Å². The van der Waals surface area contributed by atoms with E-state index in [2.05, 4.69) is 44.0 Å². The summed E-state index contributed by atoms with van der Waals surface area (Å²) in [5.74, 6) is -0.0863. The maximum absolute atomic E-state index is 12.7. The summed E-state index contributed by atoms with van der Waals surface area (Å²) < 4.78 is 0. The molecule has 0 bridgehead atoms. The third-order valence-electron chi connectivity index (χ3n) is 6.38. The molecule has 0 saturated carbocycles. The number of pyridine rings is 1. The van der Waals surface area contributed by atoms with E-state index >= 15 is 0 Å². The molecule has 2 aromatic carbocycles. The number of hydrogen-bond donors (Lipinski definition) is 0. The summed E-state index contributed by atoms with van der Waals surface area (Å²) in [7, 11) is 0. The van der Waals surface area contributed by atoms with Crippen LogP contribution in [0.5, 0.6) is 0 Å². The first-order valence-electron chi connectivity index (χ1n) is 11.0. The van der Waals surface area contributed by atoms with E-state index in [4.69, 9.17) is 4.99 Å². The van der Waals surface area contributed by atoms with Gasteiger partial charge in [0.2, 0.25) is 0 Å². The Balaban J connectivity index is 2.02. The number of aromatic nitrogens is 1. The molecule has 4 heteroatoms. The lowest BCUT2D eigenvalue weighted by Gasteiger charge is -2.22. The molecule has 4 nitrogen and oxygen atoms in total. The molecular weight excluding hydrogens is 384 g/mol. The van der Waals surface area contributed by atoms with Crippen LogP contribution >= 0.6 is 0 Å². The SMILES string of the molecule is CCCC(=O)c1cc(-c2cc3c(c4ccccc24)N=C(C)C3(C)C)cc(C(=O)CC)n1. The summed E-state index contributed by atoms with van der Waals surface area (Å²) in [5, 5.41) is 2.15. The minimum Gasteiger partial charge on any atom is -0.292 e. The van der Waals surface area contributed by atoms with Gasteiger partial charge in [-0.1, -0.05) is 52.0 Å². The molecule has 0 spiro atoms. The van der Waals surface area contributed by atoms with E-state index in [1.54, 1.807) is 0 Å². The van der Waals surface area contributed by atoms with E-state index in [9.17, 15) is 9.59 Å². The highest BCUT2D eigenvalue weighted by atomic mass is 16.1. The van der Waals surface area contributed by atoms with Gasteiger partial charge in [-0.05, 0) is 53.6 Å². The van der Waals surface area contributed by atoms with Crippen LogP contribution in [-0.4, -0.2) is 22.3 Å². The van der Waals surface area contributed by atoms with E-state index < -0.39 is 0 Å². The van der Waals surface area contributed by atoms with E-state index in [-0.39, 0.29) is 17.0 Å². The summed E-state index contributed by atoms with van der Waals surface area (Å²) >= 11 is 0. The van der Waals surface area contributed by atoms with Gasteiger partial charge in [0.15, 0.2) is 11.6 Å². The molecule has 1 aliphatic rings. The Morgan fingerprint density at radius 2 is 1.58 bits per heavy atom. The highest BCUT2D eigenvalue weighted by Gasteiger charge is 2.34. The van der Waals surface area contributed by atoms with Gasteiger partial charge in [-0.2, -0.15) is 0 Å². The van der Waals surface area contributed by atoms with Gasteiger partial charge in [-0.15, -0.1) is 0 Å². The number of nitrogens with zero attached hydrogens (tertiary/aromatic N) is 2. The molecule has 158 valence electrons. The van der Waals surface area contributed by atoms with Crippen molar-refractivity contribution in [3.8, 4) is 11.1 Å². The summed E-state index contributed by atoms with van der Waals surface area (Å²) in [4.78, 5) is 34.5. The molecule has 1 aliphatic heterocycles. The van der Waals surface area contributed by atoms with Crippen LogP contribution in [0.15, 0.2) is 47.5 Å². The average molecular weight is 413 g/mol. The van der Waals surface area contributed by atoms with Crippen molar-refractivity contribution < 1.29 is 9.59 Å². The first kappa shape index (κ1) is 21.1. The molecular formula is C27H28N2O2. The van der Waals surface area contributed by atoms with Crippen LogP contribution in [0.3, 0.4) is 0 Å². The Kier molecular flexibility index (Phi) is 5.34. The van der Waals surface area contributed by atoms with Crippen LogP contribution in [0.4, 0.5) is 5.69 Å². The van der Waals surface area contributed by atoms with E-state index in [1.165, 1.54) is 5.56 Å². The molecule has 1 aromatic heterocycles. The minimum atomic E-state index is -0.177. The lowest BCUT2D eigenvalue weighted by molar-refractivity contribution is 0.0975. The average Bonchev–Trinajstić information content (AvgIpc) is 3.01. The van der Waals surface area contributed by atoms with E-state index in [1.807, 2.05) is 38.1 Å². The first-order valence-corrected chi connectivity index (χ1v) is 11.0. The largest absolute Gasteiger partial charge is 0.292 e. The maximum Gasteiger partial charge on any atom is 0.181 e. The van der Waals surface area contributed by atoms with Crippen molar-refractivity contribution in [3.63, 3.8) is 0 Å². The molecule has 2 heterocycles. The topological polar surface area (TPSA) is 59.4 Å². The third-order valence-corrected chi connectivity index (χ3v) is 6.38. The Morgan fingerprint density at radius 3 is 2.23 bits per heavy atom. The predicted molar refractivity (Wildman–Crippen MR) is 127 cm³/mol. The predicted octanol–water partition coefficient (Wildman–Crippen LogP) is 6.86. The number of fused-ring (bicyclic) bond motifs is 3. The van der Waals surface area contributed by atoms with Crippen LogP contribution in [0.25, 0.3) is 21.9 Å². The number of aliphatic imine (C=N–C) groups is 1. The molecule has 0 fully saturated rings. The van der Waals surface area contributed by atoms with E-state index in [0.29, 0.717) is 24.2 Å². The van der Waals surface area contributed by atoms with Crippen LogP contribution in [0.1, 0.15) is 80.4 Å². The fourth-order valence-corrected chi connectivity index (χ4v) is 4.21. The molecule has 0 aliphatic carbocycles. The van der Waals surface area contributed by atoms with Gasteiger partial charge < -0.3 is 0 Å². The number of carbonyl (C=O) groups excluding carboxylic acids is 2. The van der Waals surface area contributed by atoms with Crippen LogP contribution < -0.4 is 0 Å². The van der Waals surface area contributed by atoms with Gasteiger partial charge in [-0.3, -0.25) is 14.6 Å². The van der Waals surface area contributed by atoms with Crippen molar-refractivity contribution in [2.45, 2.75) is 59.3 Å². The fourth-order valence-electron chi connectivity index (χ4n) is 4.21. The smallest absolute Gasteiger partial charge is 0.181 e. The molecule has 0 radical (unpaired) electrons. The molecule has 4 rings (SSSR count). The quantitative estimate of drug-likeness (QED) is 0.415. The molecule has 31 heavy (non-hydrogen) atoms. The maximum atomic E-state index is 12.7. The van der Waals surface area contributed by atoms with Gasteiger partial charge in [0.05, 0.1) is 5.69 Å². The number of Topliss-reactive ketones (excluding diaryl/α,β-unsaturated/α-hetero) is 2. The Morgan fingerprint density at radius 1 is 0.935 bits per heavy atom. The lowest BCUT2D eigenvalue weighted by atomic mass is 9.79. The number of rotatable bonds is 6. The van der Waals surface area contributed by atoms with Crippen molar-refractivity contribution in [2.75, 3.05) is 0 Å². The van der Waals surface area contributed by atoms with Gasteiger partial charge >= 0.3 is 0 Å². The van der Waals surface area contributed by atoms with Crippen LogP contribution in [-0.2, 0) is 5.41 Å². The molecule has 0 atom stereocenters. The monoisotopic (exact) mass is 412 g/mol. The van der Waals surface area contributed by atoms with Gasteiger partial charge in [0.1, 0.15) is 11.4 Å². The third kappa shape index (κ3) is 3.50. The first-order chi connectivity index (χ1) is 14.8. The summed E-state index contributed by atoms with van der Waals surface area (Å²) in [5.41, 5.74) is 5.67. The summed E-state index contributed by atoms with van der Waals surface area (Å²) in [6.45, 7) is 10.2. The molecule has 0 unspecified atom stereocenters. The number of carbonyl (C=O) groups is 2. The molecule has 0 saturated heterocycles. The number of hydrogen-bond acceptors (Lipinski definition) is 4. The van der Waals surface area contributed by atoms with Crippen LogP contribution in [0, 0.1) is 0 Å². The standard InChI is InChI=1S/C27H28N2O2/c1-6-10-25(31)23-14-17(13-22(29-23)24(30)7-2)20-15-21-26(28-16(3)27(21,4)5)19-12-9-8-11-18(19)20/h8-9,11-15H,6-7,10H2,1-5H3. The Hall–Kier alpha value is -3.14. The van der Waals surface area contributed by atoms with Gasteiger partial charge in [0.25, 0.3) is 0 Å². The van der Waals surface area contributed by atoms with Gasteiger partial charge in [0, 0.05) is 29.4 Å². The number of benzene rings is 2. The van der Waals surface area contributed by atoms with Gasteiger partial charge in [-0.25, -0.2) is 4.98 Å². The summed E-state index contributed by atoms with van der Waals surface area (Å²) in [6.07, 6.45) is 1.51. The molecule has 3 aromatic rings. The normalized spacial score (nSPS) is 14.4. The van der Waals surface area contributed by atoms with Crippen molar-refractivity contribution in [3.05, 3.63) is 59.4 Å². The Labute approximate surface area is 183 Å². The fraction of sp³-hybridized carbons (Fsp3) is 0.333. The molecule has 0 amide bonds. The van der Waals surface area contributed by atoms with Crippen molar-refractivity contribution in [2.24, 2.45) is 4.99 Å². The lowest BCUT2D eigenvalue weighted by Crippen LogP contribution is -2.22. The second-order valence-corrected chi connectivity index (χ2v) is 8.76. The zero-order chi connectivity index (χ0) is 22.3.